The molecule has 0 heteroatoms. The van der Waals surface area contributed by atoms with Gasteiger partial charge in [-0.25, -0.2) is 0 Å². The third-order valence-electron chi connectivity index (χ3n) is 5.22. The normalized spacial score (nSPS) is 10.8. The number of benzene rings is 4. The molecule has 0 aliphatic carbocycles. The summed E-state index contributed by atoms with van der Waals surface area (Å²) in [6.07, 6.45) is 0. The first-order valence-corrected chi connectivity index (χ1v) is 9.46. The highest BCUT2D eigenvalue weighted by atomic mass is 14.1. The Labute approximate surface area is 162 Å². The zero-order valence-corrected chi connectivity index (χ0v) is 16.2. The quantitative estimate of drug-likeness (QED) is 0.357. The number of rotatable bonds is 3. The molecule has 132 valence electrons. The van der Waals surface area contributed by atoms with Crippen molar-refractivity contribution in [1.82, 2.24) is 0 Å². The predicted molar refractivity (Wildman–Crippen MR) is 117 cm³/mol. The zero-order chi connectivity index (χ0) is 18.8. The van der Waals surface area contributed by atoms with E-state index < -0.39 is 0 Å². The molecule has 0 atom stereocenters. The molecule has 27 heavy (non-hydrogen) atoms. The minimum Gasteiger partial charge on any atom is -0.0622 e. The van der Waals surface area contributed by atoms with Crippen molar-refractivity contribution >= 4 is 0 Å². The minimum atomic E-state index is 1.26. The summed E-state index contributed by atoms with van der Waals surface area (Å²) in [5.41, 5.74) is 11.6. The van der Waals surface area contributed by atoms with Crippen molar-refractivity contribution in [1.29, 1.82) is 0 Å². The van der Waals surface area contributed by atoms with Crippen LogP contribution in [0.3, 0.4) is 0 Å². The van der Waals surface area contributed by atoms with E-state index in [1.807, 2.05) is 0 Å². The molecule has 4 rings (SSSR count). The Bertz CT molecular complexity index is 1090. The van der Waals surface area contributed by atoms with E-state index in [2.05, 4.69) is 112 Å². The van der Waals surface area contributed by atoms with Gasteiger partial charge in [-0.3, -0.25) is 0 Å². The van der Waals surface area contributed by atoms with E-state index >= 15 is 0 Å². The van der Waals surface area contributed by atoms with E-state index in [1.165, 1.54) is 50.1 Å². The fourth-order valence-corrected chi connectivity index (χ4v) is 3.64. The Morgan fingerprint density at radius 3 is 1.52 bits per heavy atom. The van der Waals surface area contributed by atoms with Gasteiger partial charge < -0.3 is 0 Å². The summed E-state index contributed by atoms with van der Waals surface area (Å²) < 4.78 is 0. The van der Waals surface area contributed by atoms with Crippen LogP contribution < -0.4 is 0 Å². The van der Waals surface area contributed by atoms with E-state index in [0.717, 1.165) is 0 Å². The summed E-state index contributed by atoms with van der Waals surface area (Å²) in [6, 6.07) is 32.9. The van der Waals surface area contributed by atoms with Gasteiger partial charge in [0.25, 0.3) is 0 Å². The largest absolute Gasteiger partial charge is 0.0622 e. The average Bonchev–Trinajstić information content (AvgIpc) is 2.70. The van der Waals surface area contributed by atoms with Gasteiger partial charge in [0.15, 0.2) is 0 Å². The number of hydrogen-bond acceptors (Lipinski definition) is 0. The van der Waals surface area contributed by atoms with Crippen molar-refractivity contribution in [2.75, 3.05) is 0 Å². The Kier molecular flexibility index (Phi) is 4.64. The van der Waals surface area contributed by atoms with Gasteiger partial charge >= 0.3 is 0 Å². The summed E-state index contributed by atoms with van der Waals surface area (Å²) in [6.45, 7) is 6.54. The topological polar surface area (TPSA) is 0 Å². The number of aryl methyl sites for hydroxylation is 3. The van der Waals surface area contributed by atoms with Crippen LogP contribution in [0.5, 0.6) is 0 Å². The Balaban J connectivity index is 1.85. The second-order valence-corrected chi connectivity index (χ2v) is 7.29. The molecule has 0 nitrogen and oxygen atoms in total. The zero-order valence-electron chi connectivity index (χ0n) is 16.2. The van der Waals surface area contributed by atoms with Gasteiger partial charge in [-0.2, -0.15) is 0 Å². The fourth-order valence-electron chi connectivity index (χ4n) is 3.64. The standard InChI is InChI=1S/C27H24/c1-19-8-7-11-23(16-19)25-15-13-21(3)27(18-25)26-17-24(14-12-20(26)2)22-9-5-4-6-10-22/h4-18H,1-3H3. The smallest absolute Gasteiger partial charge is 0.0146 e. The predicted octanol–water partition coefficient (Wildman–Crippen LogP) is 7.61. The molecule has 0 unspecified atom stereocenters. The second-order valence-electron chi connectivity index (χ2n) is 7.29. The highest BCUT2D eigenvalue weighted by molar-refractivity contribution is 5.80. The second kappa shape index (κ2) is 7.25. The Morgan fingerprint density at radius 2 is 0.926 bits per heavy atom. The molecule has 0 aliphatic rings. The first-order valence-electron chi connectivity index (χ1n) is 9.46. The van der Waals surface area contributed by atoms with Crippen LogP contribution in [-0.4, -0.2) is 0 Å². The maximum absolute atomic E-state index is 2.33. The van der Waals surface area contributed by atoms with E-state index in [0.29, 0.717) is 0 Å². The summed E-state index contributed by atoms with van der Waals surface area (Å²) in [5.74, 6) is 0. The molecule has 0 spiro atoms. The van der Waals surface area contributed by atoms with Crippen LogP contribution in [0.15, 0.2) is 91.0 Å². The lowest BCUT2D eigenvalue weighted by Crippen LogP contribution is -1.90. The van der Waals surface area contributed by atoms with Crippen LogP contribution >= 0.6 is 0 Å². The summed E-state index contributed by atoms with van der Waals surface area (Å²) >= 11 is 0. The molecule has 0 saturated carbocycles. The van der Waals surface area contributed by atoms with Crippen LogP contribution in [0, 0.1) is 20.8 Å². The molecule has 0 heterocycles. The lowest BCUT2D eigenvalue weighted by molar-refractivity contribution is 1.40. The molecule has 0 bridgehead atoms. The van der Waals surface area contributed by atoms with Crippen molar-refractivity contribution in [3.8, 4) is 33.4 Å². The van der Waals surface area contributed by atoms with Crippen LogP contribution in [0.4, 0.5) is 0 Å². The van der Waals surface area contributed by atoms with Crippen molar-refractivity contribution in [3.05, 3.63) is 108 Å². The molecule has 0 N–H and O–H groups in total. The van der Waals surface area contributed by atoms with Gasteiger partial charge in [-0.15, -0.1) is 0 Å². The van der Waals surface area contributed by atoms with Crippen molar-refractivity contribution in [2.24, 2.45) is 0 Å². The molecule has 0 aromatic heterocycles. The van der Waals surface area contributed by atoms with E-state index in [4.69, 9.17) is 0 Å². The van der Waals surface area contributed by atoms with Crippen LogP contribution in [-0.2, 0) is 0 Å². The molecular weight excluding hydrogens is 324 g/mol. The van der Waals surface area contributed by atoms with Crippen molar-refractivity contribution < 1.29 is 0 Å². The maximum atomic E-state index is 2.33. The van der Waals surface area contributed by atoms with Gasteiger partial charge in [-0.05, 0) is 77.4 Å². The summed E-state index contributed by atoms with van der Waals surface area (Å²) in [4.78, 5) is 0. The first-order chi connectivity index (χ1) is 13.1. The molecule has 0 aliphatic heterocycles. The maximum Gasteiger partial charge on any atom is -0.0146 e. The molecule has 0 amide bonds. The lowest BCUT2D eigenvalue weighted by atomic mass is 9.90. The first kappa shape index (κ1) is 17.3. The molecule has 4 aromatic rings. The highest BCUT2D eigenvalue weighted by Gasteiger charge is 2.10. The van der Waals surface area contributed by atoms with Gasteiger partial charge in [0.1, 0.15) is 0 Å². The summed E-state index contributed by atoms with van der Waals surface area (Å²) in [5, 5.41) is 0. The molecule has 0 saturated heterocycles. The molecule has 0 fully saturated rings. The van der Waals surface area contributed by atoms with E-state index in [9.17, 15) is 0 Å². The fraction of sp³-hybridized carbons (Fsp3) is 0.111. The van der Waals surface area contributed by atoms with E-state index in [-0.39, 0.29) is 0 Å². The number of hydrogen-bond donors (Lipinski definition) is 0. The third kappa shape index (κ3) is 3.57. The SMILES string of the molecule is Cc1cccc(-c2ccc(C)c(-c3cc(-c4ccccc4)ccc3C)c2)c1. The molecule has 0 radical (unpaired) electrons. The van der Waals surface area contributed by atoms with Crippen LogP contribution in [0.25, 0.3) is 33.4 Å². The van der Waals surface area contributed by atoms with Crippen LogP contribution in [0.2, 0.25) is 0 Å². The monoisotopic (exact) mass is 348 g/mol. The highest BCUT2D eigenvalue weighted by Crippen LogP contribution is 2.34. The lowest BCUT2D eigenvalue weighted by Gasteiger charge is -2.14. The van der Waals surface area contributed by atoms with E-state index in [1.54, 1.807) is 0 Å². The molecular formula is C27H24. The summed E-state index contributed by atoms with van der Waals surface area (Å²) in [7, 11) is 0. The Hall–Kier alpha value is -3.12. The van der Waals surface area contributed by atoms with Crippen molar-refractivity contribution in [3.63, 3.8) is 0 Å². The third-order valence-corrected chi connectivity index (χ3v) is 5.22. The minimum absolute atomic E-state index is 1.26. The Morgan fingerprint density at radius 1 is 0.407 bits per heavy atom. The van der Waals surface area contributed by atoms with Gasteiger partial charge in [0, 0.05) is 0 Å². The molecule has 4 aromatic carbocycles. The van der Waals surface area contributed by atoms with Gasteiger partial charge in [0.05, 0.1) is 0 Å². The van der Waals surface area contributed by atoms with Gasteiger partial charge in [-0.1, -0.05) is 84.4 Å². The van der Waals surface area contributed by atoms with Crippen LogP contribution in [0.1, 0.15) is 16.7 Å². The van der Waals surface area contributed by atoms with Crippen molar-refractivity contribution in [2.45, 2.75) is 20.8 Å². The average molecular weight is 348 g/mol. The van der Waals surface area contributed by atoms with Gasteiger partial charge in [0.2, 0.25) is 0 Å².